The molecule has 1 aliphatic heterocycles. The van der Waals surface area contributed by atoms with Crippen LogP contribution in [0.15, 0.2) is 36.7 Å². The third-order valence-electron chi connectivity index (χ3n) is 6.35. The molecule has 2 aromatic rings. The zero-order valence-corrected chi connectivity index (χ0v) is 19.0. The van der Waals surface area contributed by atoms with Gasteiger partial charge in [-0.2, -0.15) is 5.10 Å². The van der Waals surface area contributed by atoms with E-state index in [9.17, 15) is 14.4 Å². The number of rotatable bonds is 6. The van der Waals surface area contributed by atoms with Crippen molar-refractivity contribution in [1.29, 1.82) is 0 Å². The number of aryl methyl sites for hydroxylation is 1. The SMILES string of the molecule is Cc1cccc(NC(=O)N2CCC(C(=O)Nc3cnn(CC(=O)NC4CCCC4)c3)CC2)c1. The monoisotopic (exact) mass is 452 g/mol. The van der Waals surface area contributed by atoms with Gasteiger partial charge in [0.2, 0.25) is 11.8 Å². The summed E-state index contributed by atoms with van der Waals surface area (Å²) in [6, 6.07) is 7.81. The van der Waals surface area contributed by atoms with Crippen LogP contribution >= 0.6 is 0 Å². The van der Waals surface area contributed by atoms with Crippen LogP contribution in [0.25, 0.3) is 0 Å². The van der Waals surface area contributed by atoms with Crippen molar-refractivity contribution in [2.24, 2.45) is 5.92 Å². The van der Waals surface area contributed by atoms with Gasteiger partial charge in [0.15, 0.2) is 0 Å². The van der Waals surface area contributed by atoms with Crippen LogP contribution < -0.4 is 16.0 Å². The standard InChI is InChI=1S/C24H32N6O3/c1-17-5-4-8-20(13-17)28-24(33)29-11-9-18(10-12-29)23(32)27-21-14-25-30(15-21)16-22(31)26-19-6-2-3-7-19/h4-5,8,13-15,18-19H,2-3,6-7,9-12,16H2,1H3,(H,26,31)(H,27,32)(H,28,33). The quantitative estimate of drug-likeness (QED) is 0.626. The lowest BCUT2D eigenvalue weighted by atomic mass is 9.96. The molecule has 0 spiro atoms. The Hall–Kier alpha value is -3.36. The first-order valence-corrected chi connectivity index (χ1v) is 11.7. The van der Waals surface area contributed by atoms with Crippen molar-refractivity contribution in [3.63, 3.8) is 0 Å². The first kappa shape index (κ1) is 22.8. The molecule has 1 saturated carbocycles. The zero-order valence-electron chi connectivity index (χ0n) is 19.0. The van der Waals surface area contributed by atoms with Crippen molar-refractivity contribution in [2.45, 2.75) is 58.0 Å². The average molecular weight is 453 g/mol. The van der Waals surface area contributed by atoms with Crippen LogP contribution in [0.4, 0.5) is 16.2 Å². The number of benzene rings is 1. The first-order valence-electron chi connectivity index (χ1n) is 11.7. The summed E-state index contributed by atoms with van der Waals surface area (Å²) in [5.41, 5.74) is 2.43. The van der Waals surface area contributed by atoms with E-state index in [2.05, 4.69) is 21.0 Å². The molecule has 2 heterocycles. The highest BCUT2D eigenvalue weighted by Crippen LogP contribution is 2.21. The summed E-state index contributed by atoms with van der Waals surface area (Å²) in [5.74, 6) is -0.301. The highest BCUT2D eigenvalue weighted by Gasteiger charge is 2.27. The molecule has 1 aromatic heterocycles. The van der Waals surface area contributed by atoms with Gasteiger partial charge >= 0.3 is 6.03 Å². The molecule has 2 fully saturated rings. The summed E-state index contributed by atoms with van der Waals surface area (Å²) < 4.78 is 1.54. The molecule has 176 valence electrons. The number of hydrogen-bond donors (Lipinski definition) is 3. The maximum Gasteiger partial charge on any atom is 0.321 e. The number of anilines is 2. The Morgan fingerprint density at radius 3 is 2.52 bits per heavy atom. The van der Waals surface area contributed by atoms with E-state index in [1.165, 1.54) is 17.5 Å². The molecule has 0 unspecified atom stereocenters. The van der Waals surface area contributed by atoms with Crippen LogP contribution in [0, 0.1) is 12.8 Å². The summed E-state index contributed by atoms with van der Waals surface area (Å²) in [5, 5.41) is 13.0. The Morgan fingerprint density at radius 2 is 1.79 bits per heavy atom. The molecule has 33 heavy (non-hydrogen) atoms. The van der Waals surface area contributed by atoms with Crippen LogP contribution in [-0.4, -0.2) is 51.7 Å². The van der Waals surface area contributed by atoms with Gasteiger partial charge < -0.3 is 20.9 Å². The van der Waals surface area contributed by atoms with Gasteiger partial charge in [0.05, 0.1) is 11.9 Å². The molecular formula is C24H32N6O3. The third-order valence-corrected chi connectivity index (χ3v) is 6.35. The Morgan fingerprint density at radius 1 is 1.03 bits per heavy atom. The molecule has 4 rings (SSSR count). The molecule has 0 radical (unpaired) electrons. The van der Waals surface area contributed by atoms with E-state index >= 15 is 0 Å². The van der Waals surface area contributed by atoms with E-state index in [4.69, 9.17) is 0 Å². The minimum Gasteiger partial charge on any atom is -0.352 e. The van der Waals surface area contributed by atoms with Crippen molar-refractivity contribution >= 4 is 29.2 Å². The number of carbonyl (C=O) groups is 3. The number of aromatic nitrogens is 2. The molecule has 1 aromatic carbocycles. The van der Waals surface area contributed by atoms with E-state index in [1.54, 1.807) is 17.3 Å². The van der Waals surface area contributed by atoms with Crippen LogP contribution in [0.2, 0.25) is 0 Å². The topological polar surface area (TPSA) is 108 Å². The van der Waals surface area contributed by atoms with Crippen molar-refractivity contribution in [2.75, 3.05) is 23.7 Å². The third kappa shape index (κ3) is 6.34. The lowest BCUT2D eigenvalue weighted by molar-refractivity contribution is -0.122. The number of hydrogen-bond acceptors (Lipinski definition) is 4. The fourth-order valence-electron chi connectivity index (χ4n) is 4.52. The van der Waals surface area contributed by atoms with Gasteiger partial charge in [-0.15, -0.1) is 0 Å². The molecule has 1 saturated heterocycles. The number of amides is 4. The number of carbonyl (C=O) groups excluding carboxylic acids is 3. The largest absolute Gasteiger partial charge is 0.352 e. The van der Waals surface area contributed by atoms with Crippen LogP contribution in [0.3, 0.4) is 0 Å². The van der Waals surface area contributed by atoms with E-state index < -0.39 is 0 Å². The molecule has 3 N–H and O–H groups in total. The number of nitrogens with zero attached hydrogens (tertiary/aromatic N) is 3. The maximum absolute atomic E-state index is 12.7. The maximum atomic E-state index is 12.7. The minimum absolute atomic E-state index is 0.0563. The van der Waals surface area contributed by atoms with Crippen molar-refractivity contribution in [1.82, 2.24) is 20.0 Å². The predicted molar refractivity (Wildman–Crippen MR) is 126 cm³/mol. The molecule has 9 heteroatoms. The predicted octanol–water partition coefficient (Wildman–Crippen LogP) is 3.13. The summed E-state index contributed by atoms with van der Waals surface area (Å²) in [6.07, 6.45) is 8.85. The molecule has 9 nitrogen and oxygen atoms in total. The second kappa shape index (κ2) is 10.5. The second-order valence-electron chi connectivity index (χ2n) is 9.03. The van der Waals surface area contributed by atoms with Gasteiger partial charge in [0.1, 0.15) is 6.54 Å². The Bertz CT molecular complexity index is 990. The molecule has 0 atom stereocenters. The van der Waals surface area contributed by atoms with Gasteiger partial charge in [-0.3, -0.25) is 14.3 Å². The first-order chi connectivity index (χ1) is 16.0. The average Bonchev–Trinajstić information content (AvgIpc) is 3.46. The fourth-order valence-corrected chi connectivity index (χ4v) is 4.52. The highest BCUT2D eigenvalue weighted by molar-refractivity contribution is 5.93. The summed E-state index contributed by atoms with van der Waals surface area (Å²) in [6.45, 7) is 3.17. The van der Waals surface area contributed by atoms with Crippen molar-refractivity contribution in [3.05, 3.63) is 42.2 Å². The summed E-state index contributed by atoms with van der Waals surface area (Å²) in [7, 11) is 0. The van der Waals surface area contributed by atoms with Gasteiger partial charge in [-0.25, -0.2) is 4.79 Å². The van der Waals surface area contributed by atoms with Gasteiger partial charge in [0, 0.05) is 36.9 Å². The van der Waals surface area contributed by atoms with Crippen LogP contribution in [-0.2, 0) is 16.1 Å². The number of piperidine rings is 1. The summed E-state index contributed by atoms with van der Waals surface area (Å²) in [4.78, 5) is 39.1. The second-order valence-corrected chi connectivity index (χ2v) is 9.03. The molecule has 1 aliphatic carbocycles. The zero-order chi connectivity index (χ0) is 23.2. The van der Waals surface area contributed by atoms with Gasteiger partial charge in [-0.05, 0) is 50.3 Å². The van der Waals surface area contributed by atoms with Gasteiger partial charge in [-0.1, -0.05) is 25.0 Å². The lowest BCUT2D eigenvalue weighted by Gasteiger charge is -2.31. The van der Waals surface area contributed by atoms with Crippen LogP contribution in [0.1, 0.15) is 44.1 Å². The fraction of sp³-hybridized carbons (Fsp3) is 0.500. The Balaban J connectivity index is 1.20. The normalized spacial score (nSPS) is 17.1. The molecule has 0 bridgehead atoms. The Labute approximate surface area is 193 Å². The number of urea groups is 1. The van der Waals surface area contributed by atoms with E-state index in [-0.39, 0.29) is 36.3 Å². The number of nitrogens with one attached hydrogen (secondary N) is 3. The smallest absolute Gasteiger partial charge is 0.321 e. The van der Waals surface area contributed by atoms with Crippen molar-refractivity contribution < 1.29 is 14.4 Å². The summed E-state index contributed by atoms with van der Waals surface area (Å²) >= 11 is 0. The lowest BCUT2D eigenvalue weighted by Crippen LogP contribution is -2.43. The minimum atomic E-state index is -0.165. The molecular weight excluding hydrogens is 420 g/mol. The van der Waals surface area contributed by atoms with Crippen molar-refractivity contribution in [3.8, 4) is 0 Å². The van der Waals surface area contributed by atoms with E-state index in [0.717, 1.165) is 24.1 Å². The highest BCUT2D eigenvalue weighted by atomic mass is 16.2. The molecule has 2 aliphatic rings. The number of likely N-dealkylation sites (tertiary alicyclic amines) is 1. The van der Waals surface area contributed by atoms with Gasteiger partial charge in [0.25, 0.3) is 0 Å². The molecule has 4 amide bonds. The van der Waals surface area contributed by atoms with E-state index in [1.807, 2.05) is 31.2 Å². The van der Waals surface area contributed by atoms with Crippen LogP contribution in [0.5, 0.6) is 0 Å². The van der Waals surface area contributed by atoms with E-state index in [0.29, 0.717) is 31.6 Å². The Kier molecular flexibility index (Phi) is 7.26.